The minimum Gasteiger partial charge on any atom is -0.378 e. The molecule has 0 bridgehead atoms. The normalized spacial score (nSPS) is 11.6. The first-order chi connectivity index (χ1) is 18.1. The summed E-state index contributed by atoms with van der Waals surface area (Å²) < 4.78 is 7.12. The van der Waals surface area contributed by atoms with Crippen LogP contribution in [0.1, 0.15) is 46.4 Å². The molecule has 1 amide bonds. The zero-order valence-electron chi connectivity index (χ0n) is 22.6. The quantitative estimate of drug-likeness (QED) is 0.378. The molecular formula is C27H38N8O2. The van der Waals surface area contributed by atoms with E-state index in [1.54, 1.807) is 12.4 Å². The molecular weight excluding hydrogens is 468 g/mol. The van der Waals surface area contributed by atoms with Gasteiger partial charge in [-0.1, -0.05) is 20.8 Å². The molecule has 3 aromatic heterocycles. The topological polar surface area (TPSA) is 111 Å². The maximum Gasteiger partial charge on any atom is 0.222 e. The summed E-state index contributed by atoms with van der Waals surface area (Å²) in [5, 5.41) is 0. The molecule has 0 radical (unpaired) electrons. The first kappa shape index (κ1) is 32.8. The lowest BCUT2D eigenvalue weighted by molar-refractivity contribution is -0.135. The summed E-state index contributed by atoms with van der Waals surface area (Å²) in [5.41, 5.74) is 2.21. The summed E-state index contributed by atoms with van der Waals surface area (Å²) in [5.74, 6) is 2.24. The molecule has 4 heterocycles. The third-order valence-corrected chi connectivity index (χ3v) is 4.85. The third kappa shape index (κ3) is 9.43. The molecule has 0 saturated carbocycles. The number of aryl methyl sites for hydroxylation is 2. The van der Waals surface area contributed by atoms with Crippen LogP contribution in [-0.4, -0.2) is 73.3 Å². The van der Waals surface area contributed by atoms with Crippen molar-refractivity contribution in [3.05, 3.63) is 24.5 Å². The molecule has 0 spiro atoms. The second-order valence-corrected chi connectivity index (χ2v) is 6.97. The predicted molar refractivity (Wildman–Crippen MR) is 149 cm³/mol. The minimum atomic E-state index is 0.274. The van der Waals surface area contributed by atoms with Crippen LogP contribution < -0.4 is 0 Å². The standard InChI is InChI=1S/C13H13N7.C8H15NO2.C2H6.2C2H2/c1-4-20-12(9-5-15-8(2)16-6-9)19-10-11(14-3)17-7-18-13(10)20;1-2-3-8(10)9-4-6-11-7-5-9;3*1-2/h5-7H,3-4H2,1-2H3;2-7H2,1H3;1-2H3;2*1-2H. The molecule has 198 valence electrons. The number of terminal acetylenes is 2. The molecule has 0 unspecified atom stereocenters. The third-order valence-electron chi connectivity index (χ3n) is 4.85. The molecule has 0 atom stereocenters. The molecule has 4 rings (SSSR count). The van der Waals surface area contributed by atoms with Crippen molar-refractivity contribution in [3.63, 3.8) is 0 Å². The van der Waals surface area contributed by atoms with Gasteiger partial charge in [0.2, 0.25) is 5.91 Å². The summed E-state index contributed by atoms with van der Waals surface area (Å²) >= 11 is 0. The number of morpholine rings is 1. The van der Waals surface area contributed by atoms with Gasteiger partial charge in [0.15, 0.2) is 17.0 Å². The summed E-state index contributed by atoms with van der Waals surface area (Å²) in [6.45, 7) is 17.1. The van der Waals surface area contributed by atoms with E-state index in [0.717, 1.165) is 48.9 Å². The van der Waals surface area contributed by atoms with E-state index in [-0.39, 0.29) is 5.91 Å². The zero-order valence-corrected chi connectivity index (χ0v) is 22.6. The van der Waals surface area contributed by atoms with Crippen LogP contribution in [0, 0.1) is 32.6 Å². The van der Waals surface area contributed by atoms with E-state index in [4.69, 9.17) is 4.74 Å². The first-order valence-corrected chi connectivity index (χ1v) is 12.1. The van der Waals surface area contributed by atoms with Gasteiger partial charge in [0.1, 0.15) is 18.0 Å². The van der Waals surface area contributed by atoms with Crippen molar-refractivity contribution in [2.75, 3.05) is 26.3 Å². The number of imidazole rings is 1. The number of rotatable bonds is 5. The van der Waals surface area contributed by atoms with Gasteiger partial charge in [-0.15, -0.1) is 25.7 Å². The number of nitrogens with zero attached hydrogens (tertiary/aromatic N) is 8. The van der Waals surface area contributed by atoms with E-state index in [1.165, 1.54) is 6.33 Å². The van der Waals surface area contributed by atoms with E-state index < -0.39 is 0 Å². The fourth-order valence-electron chi connectivity index (χ4n) is 3.25. The average Bonchev–Trinajstić information content (AvgIpc) is 3.36. The Kier molecular flexibility index (Phi) is 16.9. The lowest BCUT2D eigenvalue weighted by Gasteiger charge is -2.26. The van der Waals surface area contributed by atoms with Crippen molar-refractivity contribution in [1.29, 1.82) is 0 Å². The van der Waals surface area contributed by atoms with Crippen molar-refractivity contribution in [3.8, 4) is 37.1 Å². The van der Waals surface area contributed by atoms with E-state index in [1.807, 2.05) is 44.1 Å². The number of hydrogen-bond acceptors (Lipinski definition) is 8. The molecule has 1 saturated heterocycles. The second kappa shape index (κ2) is 19.1. The molecule has 1 aliphatic rings. The Morgan fingerprint density at radius 1 is 1.05 bits per heavy atom. The van der Waals surface area contributed by atoms with Gasteiger partial charge in [0.25, 0.3) is 0 Å². The Balaban J connectivity index is 0.000000649. The first-order valence-electron chi connectivity index (χ1n) is 12.1. The van der Waals surface area contributed by atoms with E-state index in [2.05, 4.69) is 62.3 Å². The number of carbonyl (C=O) groups excluding carboxylic acids is 1. The van der Waals surface area contributed by atoms with Crippen LogP contribution in [0.5, 0.6) is 0 Å². The van der Waals surface area contributed by atoms with Crippen LogP contribution in [0.15, 0.2) is 23.7 Å². The van der Waals surface area contributed by atoms with Gasteiger partial charge < -0.3 is 14.2 Å². The van der Waals surface area contributed by atoms with Crippen molar-refractivity contribution in [2.24, 2.45) is 4.99 Å². The SMILES string of the molecule is C#C.C#C.C=Nc1ncnc2c1nc(-c1cnc(C)nc1)n2CC.CC.CCCC(=O)N1CCOCC1. The van der Waals surface area contributed by atoms with Gasteiger partial charge in [-0.05, 0) is 27.0 Å². The van der Waals surface area contributed by atoms with Crippen molar-refractivity contribution < 1.29 is 9.53 Å². The Hall–Kier alpha value is -4.15. The van der Waals surface area contributed by atoms with Gasteiger partial charge in [0, 0.05) is 38.4 Å². The lowest BCUT2D eigenvalue weighted by atomic mass is 10.3. The Labute approximate surface area is 220 Å². The van der Waals surface area contributed by atoms with Crippen LogP contribution in [0.25, 0.3) is 22.6 Å². The number of amides is 1. The van der Waals surface area contributed by atoms with Crippen LogP contribution in [0.2, 0.25) is 0 Å². The maximum atomic E-state index is 11.3. The number of hydrogen-bond donors (Lipinski definition) is 0. The molecule has 37 heavy (non-hydrogen) atoms. The summed E-state index contributed by atoms with van der Waals surface area (Å²) in [7, 11) is 0. The highest BCUT2D eigenvalue weighted by Gasteiger charge is 2.16. The Morgan fingerprint density at radius 2 is 1.65 bits per heavy atom. The zero-order chi connectivity index (χ0) is 28.2. The van der Waals surface area contributed by atoms with Gasteiger partial charge in [0.05, 0.1) is 18.8 Å². The molecule has 0 aliphatic carbocycles. The monoisotopic (exact) mass is 506 g/mol. The number of ether oxygens (including phenoxy) is 1. The van der Waals surface area contributed by atoms with Crippen molar-refractivity contribution in [2.45, 2.75) is 54.0 Å². The van der Waals surface area contributed by atoms with Crippen molar-refractivity contribution >= 4 is 29.6 Å². The Bertz CT molecular complexity index is 1110. The van der Waals surface area contributed by atoms with Gasteiger partial charge >= 0.3 is 0 Å². The van der Waals surface area contributed by atoms with Crippen LogP contribution in [0.4, 0.5) is 5.82 Å². The highest BCUT2D eigenvalue weighted by atomic mass is 16.5. The summed E-state index contributed by atoms with van der Waals surface area (Å²) in [6, 6.07) is 0. The van der Waals surface area contributed by atoms with Crippen molar-refractivity contribution in [1.82, 2.24) is 34.4 Å². The van der Waals surface area contributed by atoms with Crippen LogP contribution in [-0.2, 0) is 16.1 Å². The lowest BCUT2D eigenvalue weighted by Crippen LogP contribution is -2.40. The highest BCUT2D eigenvalue weighted by molar-refractivity contribution is 5.85. The number of carbonyl (C=O) groups is 1. The molecule has 10 nitrogen and oxygen atoms in total. The van der Waals surface area contributed by atoms with E-state index in [9.17, 15) is 4.79 Å². The molecule has 3 aromatic rings. The average molecular weight is 507 g/mol. The van der Waals surface area contributed by atoms with Gasteiger partial charge in [-0.2, -0.15) is 0 Å². The molecule has 0 N–H and O–H groups in total. The summed E-state index contributed by atoms with van der Waals surface area (Å²) in [4.78, 5) is 38.4. The smallest absolute Gasteiger partial charge is 0.222 e. The van der Waals surface area contributed by atoms with Gasteiger partial charge in [-0.3, -0.25) is 4.79 Å². The number of fused-ring (bicyclic) bond motifs is 1. The fraction of sp³-hybridized carbons (Fsp3) is 0.444. The number of aliphatic imine (C=N–C) groups is 1. The molecule has 0 aromatic carbocycles. The molecule has 1 aliphatic heterocycles. The fourth-order valence-corrected chi connectivity index (χ4v) is 3.25. The minimum absolute atomic E-state index is 0.274. The molecule has 10 heteroatoms. The molecule has 1 fully saturated rings. The highest BCUT2D eigenvalue weighted by Crippen LogP contribution is 2.27. The Morgan fingerprint density at radius 3 is 2.16 bits per heavy atom. The predicted octanol–water partition coefficient (Wildman–Crippen LogP) is 4.11. The summed E-state index contributed by atoms with van der Waals surface area (Å²) in [6.07, 6.45) is 22.6. The van der Waals surface area contributed by atoms with E-state index >= 15 is 0 Å². The van der Waals surface area contributed by atoms with Gasteiger partial charge in [-0.25, -0.2) is 29.9 Å². The van der Waals surface area contributed by atoms with E-state index in [0.29, 0.717) is 31.0 Å². The second-order valence-electron chi connectivity index (χ2n) is 6.97. The maximum absolute atomic E-state index is 11.3. The largest absolute Gasteiger partial charge is 0.378 e. The van der Waals surface area contributed by atoms with Crippen LogP contribution in [0.3, 0.4) is 0 Å². The van der Waals surface area contributed by atoms with Crippen LogP contribution >= 0.6 is 0 Å². The number of aromatic nitrogens is 6.